The quantitative estimate of drug-likeness (QED) is 0.628. The topological polar surface area (TPSA) is 83.1 Å². The molecule has 0 aliphatic heterocycles. The summed E-state index contributed by atoms with van der Waals surface area (Å²) in [5, 5.41) is 10.1. The molecule has 0 saturated heterocycles. The maximum Gasteiger partial charge on any atom is 0.325 e. The van der Waals surface area contributed by atoms with E-state index >= 15 is 0 Å². The summed E-state index contributed by atoms with van der Waals surface area (Å²) in [6.07, 6.45) is 0. The van der Waals surface area contributed by atoms with Crippen LogP contribution in [0.4, 0.5) is 21.3 Å². The Morgan fingerprint density at radius 1 is 0.962 bits per heavy atom. The number of anilines is 3. The monoisotopic (exact) mass is 366 g/mol. The summed E-state index contributed by atoms with van der Waals surface area (Å²) in [4.78, 5) is 28.5. The number of amides is 3. The number of benzene rings is 2. The number of rotatable bonds is 4. The lowest BCUT2D eigenvalue weighted by Gasteiger charge is -2.07. The van der Waals surface area contributed by atoms with E-state index in [0.717, 1.165) is 16.8 Å². The molecule has 3 aromatic rings. The Morgan fingerprint density at radius 3 is 2.46 bits per heavy atom. The zero-order valence-corrected chi connectivity index (χ0v) is 15.2. The van der Waals surface area contributed by atoms with Gasteiger partial charge in [0.05, 0.1) is 0 Å². The molecule has 0 radical (unpaired) electrons. The highest BCUT2D eigenvalue weighted by atomic mass is 32.1. The molecule has 0 unspecified atom stereocenters. The second-order valence-electron chi connectivity index (χ2n) is 5.76. The van der Waals surface area contributed by atoms with Gasteiger partial charge in [-0.2, -0.15) is 0 Å². The fourth-order valence-electron chi connectivity index (χ4n) is 2.36. The van der Waals surface area contributed by atoms with Crippen molar-refractivity contribution < 1.29 is 9.59 Å². The first kappa shape index (κ1) is 17.6. The Balaban J connectivity index is 1.61. The van der Waals surface area contributed by atoms with Gasteiger partial charge in [0.25, 0.3) is 5.91 Å². The third-order valence-corrected chi connectivity index (χ3v) is 4.38. The minimum Gasteiger partial charge on any atom is -0.320 e. The number of carbonyl (C=O) groups is 2. The van der Waals surface area contributed by atoms with Gasteiger partial charge in [-0.25, -0.2) is 9.78 Å². The molecule has 6 nitrogen and oxygen atoms in total. The van der Waals surface area contributed by atoms with Gasteiger partial charge in [0.15, 0.2) is 5.13 Å². The van der Waals surface area contributed by atoms with Crippen molar-refractivity contribution in [3.63, 3.8) is 0 Å². The first-order valence-corrected chi connectivity index (χ1v) is 8.86. The number of thiazole rings is 1. The van der Waals surface area contributed by atoms with E-state index < -0.39 is 6.03 Å². The molecular weight excluding hydrogens is 348 g/mol. The molecule has 0 aliphatic rings. The Hall–Kier alpha value is -3.19. The summed E-state index contributed by atoms with van der Waals surface area (Å²) < 4.78 is 0. The third-order valence-electron chi connectivity index (χ3n) is 3.62. The van der Waals surface area contributed by atoms with Crippen LogP contribution in [-0.2, 0) is 0 Å². The summed E-state index contributed by atoms with van der Waals surface area (Å²) >= 11 is 1.19. The van der Waals surface area contributed by atoms with E-state index in [2.05, 4.69) is 20.9 Å². The van der Waals surface area contributed by atoms with E-state index in [1.54, 1.807) is 17.5 Å². The number of carbonyl (C=O) groups excluding carboxylic acids is 2. The van der Waals surface area contributed by atoms with Crippen molar-refractivity contribution in [2.75, 3.05) is 16.0 Å². The fourth-order valence-corrected chi connectivity index (χ4v) is 3.04. The number of urea groups is 1. The molecule has 132 valence electrons. The highest BCUT2D eigenvalue weighted by Crippen LogP contribution is 2.20. The molecule has 26 heavy (non-hydrogen) atoms. The zero-order chi connectivity index (χ0) is 18.5. The molecule has 2 aromatic carbocycles. The zero-order valence-electron chi connectivity index (χ0n) is 14.4. The highest BCUT2D eigenvalue weighted by Gasteiger charge is 2.13. The Bertz CT molecular complexity index is 938. The lowest BCUT2D eigenvalue weighted by atomic mass is 10.1. The van der Waals surface area contributed by atoms with E-state index in [9.17, 15) is 9.59 Å². The molecule has 0 aliphatic carbocycles. The summed E-state index contributed by atoms with van der Waals surface area (Å²) in [6.45, 7) is 3.93. The van der Waals surface area contributed by atoms with Crippen LogP contribution in [0.1, 0.15) is 21.6 Å². The largest absolute Gasteiger partial charge is 0.325 e. The molecule has 0 bridgehead atoms. The van der Waals surface area contributed by atoms with Gasteiger partial charge < -0.3 is 10.6 Å². The van der Waals surface area contributed by atoms with Crippen molar-refractivity contribution in [2.45, 2.75) is 13.8 Å². The van der Waals surface area contributed by atoms with Gasteiger partial charge in [0.1, 0.15) is 5.69 Å². The van der Waals surface area contributed by atoms with E-state index in [1.165, 1.54) is 11.3 Å². The number of aryl methyl sites for hydroxylation is 2. The molecule has 3 amide bonds. The number of aromatic nitrogens is 1. The maximum atomic E-state index is 12.3. The van der Waals surface area contributed by atoms with Crippen LogP contribution in [0.25, 0.3) is 0 Å². The fraction of sp³-hybridized carbons (Fsp3) is 0.105. The van der Waals surface area contributed by atoms with E-state index in [-0.39, 0.29) is 11.6 Å². The summed E-state index contributed by atoms with van der Waals surface area (Å²) in [6, 6.07) is 14.5. The SMILES string of the molecule is Cc1ccc(NC(=O)c2csc(NC(=O)Nc3ccccc3)n2)c(C)c1. The minimum absolute atomic E-state index is 0.255. The van der Waals surface area contributed by atoms with Crippen LogP contribution in [0.15, 0.2) is 53.9 Å². The molecule has 1 aromatic heterocycles. The van der Waals surface area contributed by atoms with Crippen LogP contribution in [0.5, 0.6) is 0 Å². The Kier molecular flexibility index (Phi) is 5.28. The van der Waals surface area contributed by atoms with Gasteiger partial charge in [-0.1, -0.05) is 35.9 Å². The van der Waals surface area contributed by atoms with Gasteiger partial charge in [-0.05, 0) is 37.6 Å². The van der Waals surface area contributed by atoms with Gasteiger partial charge >= 0.3 is 6.03 Å². The van der Waals surface area contributed by atoms with E-state index in [0.29, 0.717) is 10.8 Å². The molecule has 0 saturated carbocycles. The second kappa shape index (κ2) is 7.79. The number of para-hydroxylation sites is 1. The van der Waals surface area contributed by atoms with Crippen LogP contribution < -0.4 is 16.0 Å². The normalized spacial score (nSPS) is 10.2. The number of hydrogen-bond donors (Lipinski definition) is 3. The Morgan fingerprint density at radius 2 is 1.73 bits per heavy atom. The van der Waals surface area contributed by atoms with Crippen molar-refractivity contribution in [3.05, 3.63) is 70.7 Å². The van der Waals surface area contributed by atoms with Crippen LogP contribution in [0.3, 0.4) is 0 Å². The number of hydrogen-bond acceptors (Lipinski definition) is 4. The van der Waals surface area contributed by atoms with Crippen LogP contribution in [0.2, 0.25) is 0 Å². The first-order valence-electron chi connectivity index (χ1n) is 7.98. The smallest absolute Gasteiger partial charge is 0.320 e. The predicted octanol–water partition coefficient (Wildman–Crippen LogP) is 4.66. The van der Waals surface area contributed by atoms with Gasteiger partial charge in [0, 0.05) is 16.8 Å². The van der Waals surface area contributed by atoms with Crippen LogP contribution >= 0.6 is 11.3 Å². The second-order valence-corrected chi connectivity index (χ2v) is 6.61. The van der Waals surface area contributed by atoms with Crippen LogP contribution in [-0.4, -0.2) is 16.9 Å². The van der Waals surface area contributed by atoms with Crippen molar-refractivity contribution in [1.29, 1.82) is 0 Å². The van der Waals surface area contributed by atoms with Crippen LogP contribution in [0, 0.1) is 13.8 Å². The molecule has 1 heterocycles. The van der Waals surface area contributed by atoms with Crippen molar-refractivity contribution in [1.82, 2.24) is 4.98 Å². The van der Waals surface area contributed by atoms with Gasteiger partial charge in [-0.15, -0.1) is 11.3 Å². The third kappa shape index (κ3) is 4.46. The lowest BCUT2D eigenvalue weighted by molar-refractivity contribution is 0.102. The highest BCUT2D eigenvalue weighted by molar-refractivity contribution is 7.14. The predicted molar refractivity (Wildman–Crippen MR) is 105 cm³/mol. The maximum absolute atomic E-state index is 12.3. The average Bonchev–Trinajstić information content (AvgIpc) is 3.06. The molecular formula is C19H18N4O2S. The van der Waals surface area contributed by atoms with Crippen molar-refractivity contribution in [2.24, 2.45) is 0 Å². The molecule has 0 spiro atoms. The van der Waals surface area contributed by atoms with Crippen molar-refractivity contribution >= 4 is 39.8 Å². The molecule has 0 fully saturated rings. The molecule has 7 heteroatoms. The standard InChI is InChI=1S/C19H18N4O2S/c1-12-8-9-15(13(2)10-12)21-17(24)16-11-26-19(22-16)23-18(25)20-14-6-4-3-5-7-14/h3-11H,1-2H3,(H,21,24)(H2,20,22,23,25). The molecule has 3 N–H and O–H groups in total. The van der Waals surface area contributed by atoms with E-state index in [1.807, 2.05) is 50.2 Å². The lowest BCUT2D eigenvalue weighted by Crippen LogP contribution is -2.19. The molecule has 0 atom stereocenters. The number of nitrogens with zero attached hydrogens (tertiary/aromatic N) is 1. The van der Waals surface area contributed by atoms with Crippen molar-refractivity contribution in [3.8, 4) is 0 Å². The minimum atomic E-state index is -0.410. The summed E-state index contributed by atoms with van der Waals surface area (Å²) in [5.74, 6) is -0.315. The van der Waals surface area contributed by atoms with E-state index in [4.69, 9.17) is 0 Å². The van der Waals surface area contributed by atoms with Gasteiger partial charge in [0.2, 0.25) is 0 Å². The molecule has 3 rings (SSSR count). The number of nitrogens with one attached hydrogen (secondary N) is 3. The average molecular weight is 366 g/mol. The summed E-state index contributed by atoms with van der Waals surface area (Å²) in [7, 11) is 0. The first-order chi connectivity index (χ1) is 12.5. The van der Waals surface area contributed by atoms with Gasteiger partial charge in [-0.3, -0.25) is 10.1 Å². The summed E-state index contributed by atoms with van der Waals surface area (Å²) in [5.41, 5.74) is 3.78. The Labute approximate surface area is 155 Å².